The molecule has 4 nitrogen and oxygen atoms in total. The van der Waals surface area contributed by atoms with Crippen molar-refractivity contribution < 1.29 is 4.74 Å². The minimum atomic E-state index is 0.399. The molecule has 5 heteroatoms. The summed E-state index contributed by atoms with van der Waals surface area (Å²) >= 11 is 1.64. The van der Waals surface area contributed by atoms with E-state index in [0.717, 1.165) is 12.1 Å². The van der Waals surface area contributed by atoms with E-state index in [1.807, 2.05) is 18.5 Å². The van der Waals surface area contributed by atoms with Crippen molar-refractivity contribution in [1.29, 1.82) is 5.26 Å². The van der Waals surface area contributed by atoms with Gasteiger partial charge in [0, 0.05) is 11.3 Å². The number of nitrogens with zero attached hydrogens (tertiary/aromatic N) is 3. The van der Waals surface area contributed by atoms with Crippen LogP contribution < -0.4 is 4.74 Å². The van der Waals surface area contributed by atoms with Crippen molar-refractivity contribution in [3.05, 3.63) is 40.1 Å². The van der Waals surface area contributed by atoms with Crippen LogP contribution in [0, 0.1) is 18.3 Å². The number of hydrogen-bond donors (Lipinski definition) is 0. The molecule has 0 spiro atoms. The van der Waals surface area contributed by atoms with Crippen LogP contribution in [0.25, 0.3) is 0 Å². The summed E-state index contributed by atoms with van der Waals surface area (Å²) in [6, 6.07) is 5.37. The van der Waals surface area contributed by atoms with Gasteiger partial charge in [-0.3, -0.25) is 0 Å². The Labute approximate surface area is 104 Å². The second-order valence-electron chi connectivity index (χ2n) is 3.45. The standard InChI is InChI=1S/C12H11N3OS/c1-9-12(17-8-15-9)4-5-16-11-3-2-10(6-13)14-7-11/h2-3,7-8H,4-5H2,1H3. The van der Waals surface area contributed by atoms with E-state index in [1.54, 1.807) is 29.7 Å². The molecular weight excluding hydrogens is 234 g/mol. The third kappa shape index (κ3) is 3.02. The Kier molecular flexibility index (Phi) is 3.68. The van der Waals surface area contributed by atoms with E-state index in [1.165, 1.54) is 4.88 Å². The predicted octanol–water partition coefficient (Wildman–Crippen LogP) is 2.34. The lowest BCUT2D eigenvalue weighted by Crippen LogP contribution is -2.01. The Morgan fingerprint density at radius 1 is 1.41 bits per heavy atom. The topological polar surface area (TPSA) is 58.8 Å². The van der Waals surface area contributed by atoms with Crippen LogP contribution in [0.15, 0.2) is 23.8 Å². The average molecular weight is 245 g/mol. The van der Waals surface area contributed by atoms with Crippen molar-refractivity contribution in [2.45, 2.75) is 13.3 Å². The number of hydrogen-bond acceptors (Lipinski definition) is 5. The van der Waals surface area contributed by atoms with Gasteiger partial charge in [0.2, 0.25) is 0 Å². The van der Waals surface area contributed by atoms with Gasteiger partial charge in [-0.1, -0.05) is 0 Å². The van der Waals surface area contributed by atoms with Crippen molar-refractivity contribution in [3.8, 4) is 11.8 Å². The van der Waals surface area contributed by atoms with Gasteiger partial charge in [0.25, 0.3) is 0 Å². The van der Waals surface area contributed by atoms with Gasteiger partial charge in [-0.15, -0.1) is 11.3 Å². The lowest BCUT2D eigenvalue weighted by Gasteiger charge is -2.04. The first kappa shape index (κ1) is 11.6. The molecule has 17 heavy (non-hydrogen) atoms. The molecule has 0 saturated carbocycles. The van der Waals surface area contributed by atoms with Crippen LogP contribution in [0.1, 0.15) is 16.3 Å². The number of thiazole rings is 1. The largest absolute Gasteiger partial charge is 0.492 e. The van der Waals surface area contributed by atoms with E-state index >= 15 is 0 Å². The van der Waals surface area contributed by atoms with Crippen LogP contribution >= 0.6 is 11.3 Å². The minimum Gasteiger partial charge on any atom is -0.492 e. The first-order valence-electron chi connectivity index (χ1n) is 5.17. The van der Waals surface area contributed by atoms with Gasteiger partial charge in [-0.05, 0) is 19.1 Å². The first-order chi connectivity index (χ1) is 8.29. The highest BCUT2D eigenvalue weighted by Gasteiger charge is 2.02. The molecule has 0 amide bonds. The highest BCUT2D eigenvalue weighted by atomic mass is 32.1. The predicted molar refractivity (Wildman–Crippen MR) is 65.0 cm³/mol. The lowest BCUT2D eigenvalue weighted by molar-refractivity contribution is 0.321. The van der Waals surface area contributed by atoms with Crippen molar-refractivity contribution in [2.24, 2.45) is 0 Å². The fourth-order valence-electron chi connectivity index (χ4n) is 1.36. The van der Waals surface area contributed by atoms with E-state index in [4.69, 9.17) is 10.00 Å². The molecule has 0 radical (unpaired) electrons. The first-order valence-corrected chi connectivity index (χ1v) is 6.05. The molecule has 0 atom stereocenters. The van der Waals surface area contributed by atoms with Gasteiger partial charge in [0.1, 0.15) is 17.5 Å². The van der Waals surface area contributed by atoms with Gasteiger partial charge in [-0.2, -0.15) is 5.26 Å². The molecule has 0 bridgehead atoms. The number of aryl methyl sites for hydroxylation is 1. The second-order valence-corrected chi connectivity index (χ2v) is 4.39. The fourth-order valence-corrected chi connectivity index (χ4v) is 2.12. The van der Waals surface area contributed by atoms with Crippen LogP contribution in [-0.2, 0) is 6.42 Å². The monoisotopic (exact) mass is 245 g/mol. The van der Waals surface area contributed by atoms with Gasteiger partial charge < -0.3 is 4.74 Å². The molecule has 2 heterocycles. The Morgan fingerprint density at radius 2 is 2.29 bits per heavy atom. The molecule has 0 N–H and O–H groups in total. The van der Waals surface area contributed by atoms with E-state index in [0.29, 0.717) is 18.1 Å². The Bertz CT molecular complexity index is 527. The molecule has 0 fully saturated rings. The van der Waals surface area contributed by atoms with Crippen molar-refractivity contribution in [2.75, 3.05) is 6.61 Å². The van der Waals surface area contributed by atoms with Crippen LogP contribution in [0.5, 0.6) is 5.75 Å². The summed E-state index contributed by atoms with van der Waals surface area (Å²) in [5, 5.41) is 8.60. The zero-order chi connectivity index (χ0) is 12.1. The summed E-state index contributed by atoms with van der Waals surface area (Å²) in [5.74, 6) is 0.686. The number of pyridine rings is 1. The minimum absolute atomic E-state index is 0.399. The van der Waals surface area contributed by atoms with Gasteiger partial charge >= 0.3 is 0 Å². The Morgan fingerprint density at radius 3 is 2.88 bits per heavy atom. The summed E-state index contributed by atoms with van der Waals surface area (Å²) in [4.78, 5) is 9.36. The van der Waals surface area contributed by atoms with Gasteiger partial charge in [0.05, 0.1) is 24.0 Å². The van der Waals surface area contributed by atoms with Gasteiger partial charge in [0.15, 0.2) is 0 Å². The maximum Gasteiger partial charge on any atom is 0.140 e. The molecule has 0 saturated heterocycles. The van der Waals surface area contributed by atoms with E-state index < -0.39 is 0 Å². The summed E-state index contributed by atoms with van der Waals surface area (Å²) in [5.41, 5.74) is 3.31. The molecule has 0 aliphatic heterocycles. The van der Waals surface area contributed by atoms with Crippen LogP contribution in [0.4, 0.5) is 0 Å². The number of aromatic nitrogens is 2. The molecule has 2 rings (SSSR count). The summed E-state index contributed by atoms with van der Waals surface area (Å²) in [6.07, 6.45) is 2.41. The highest BCUT2D eigenvalue weighted by Crippen LogP contribution is 2.14. The van der Waals surface area contributed by atoms with E-state index in [2.05, 4.69) is 9.97 Å². The maximum absolute atomic E-state index is 8.60. The third-order valence-corrected chi connectivity index (χ3v) is 3.29. The summed E-state index contributed by atoms with van der Waals surface area (Å²) < 4.78 is 5.54. The molecule has 0 aliphatic carbocycles. The fraction of sp³-hybridized carbons (Fsp3) is 0.250. The smallest absolute Gasteiger partial charge is 0.140 e. The molecule has 86 valence electrons. The number of nitriles is 1. The molecule has 0 aliphatic rings. The van der Waals surface area contributed by atoms with Crippen molar-refractivity contribution in [3.63, 3.8) is 0 Å². The quantitative estimate of drug-likeness (QED) is 0.829. The number of ether oxygens (including phenoxy) is 1. The van der Waals surface area contributed by atoms with E-state index in [9.17, 15) is 0 Å². The highest BCUT2D eigenvalue weighted by molar-refractivity contribution is 7.09. The molecule has 2 aromatic rings. The van der Waals surface area contributed by atoms with Crippen molar-refractivity contribution in [1.82, 2.24) is 9.97 Å². The SMILES string of the molecule is Cc1ncsc1CCOc1ccc(C#N)nc1. The average Bonchev–Trinajstić information content (AvgIpc) is 2.76. The van der Waals surface area contributed by atoms with Crippen LogP contribution in [0.3, 0.4) is 0 Å². The maximum atomic E-state index is 8.60. The van der Waals surface area contributed by atoms with Gasteiger partial charge in [-0.25, -0.2) is 9.97 Å². The van der Waals surface area contributed by atoms with Crippen LogP contribution in [0.2, 0.25) is 0 Å². The van der Waals surface area contributed by atoms with E-state index in [-0.39, 0.29) is 0 Å². The second kappa shape index (κ2) is 5.41. The summed E-state index contributed by atoms with van der Waals surface area (Å²) in [6.45, 7) is 2.59. The number of rotatable bonds is 4. The Balaban J connectivity index is 1.86. The molecule has 0 aromatic carbocycles. The normalized spacial score (nSPS) is 9.88. The van der Waals surface area contributed by atoms with Crippen molar-refractivity contribution >= 4 is 11.3 Å². The molecule has 0 unspecified atom stereocenters. The Hall–Kier alpha value is -1.93. The summed E-state index contributed by atoms with van der Waals surface area (Å²) in [7, 11) is 0. The lowest BCUT2D eigenvalue weighted by atomic mass is 10.3. The molecular formula is C12H11N3OS. The zero-order valence-electron chi connectivity index (χ0n) is 9.38. The van der Waals surface area contributed by atoms with Crippen LogP contribution in [-0.4, -0.2) is 16.6 Å². The molecule has 2 aromatic heterocycles. The third-order valence-electron chi connectivity index (χ3n) is 2.29. The zero-order valence-corrected chi connectivity index (χ0v) is 10.2.